The summed E-state index contributed by atoms with van der Waals surface area (Å²) in [5.41, 5.74) is 2.49. The maximum Gasteiger partial charge on any atom is 0.119 e. The quantitative estimate of drug-likeness (QED) is 0.778. The number of rotatable bonds is 7. The molecule has 0 fully saturated rings. The van der Waals surface area contributed by atoms with Crippen molar-refractivity contribution < 1.29 is 9.84 Å². The van der Waals surface area contributed by atoms with E-state index in [1.807, 2.05) is 12.1 Å². The zero-order chi connectivity index (χ0) is 14.4. The molecule has 1 aliphatic rings. The number of nitrogens with zero attached hydrogens (tertiary/aromatic N) is 1. The molecule has 112 valence electrons. The van der Waals surface area contributed by atoms with E-state index >= 15 is 0 Å². The lowest BCUT2D eigenvalue weighted by Gasteiger charge is -2.35. The Bertz CT molecular complexity index is 419. The van der Waals surface area contributed by atoms with E-state index in [2.05, 4.69) is 17.9 Å². The fourth-order valence-electron chi connectivity index (χ4n) is 3.26. The highest BCUT2D eigenvalue weighted by Gasteiger charge is 2.24. The maximum atomic E-state index is 9.93. The highest BCUT2D eigenvalue weighted by Crippen LogP contribution is 2.30. The van der Waals surface area contributed by atoms with Gasteiger partial charge in [-0.25, -0.2) is 0 Å². The molecule has 1 N–H and O–H groups in total. The zero-order valence-corrected chi connectivity index (χ0v) is 12.8. The van der Waals surface area contributed by atoms with E-state index in [4.69, 9.17) is 4.74 Å². The Morgan fingerprint density at radius 1 is 1.35 bits per heavy atom. The molecule has 0 radical (unpaired) electrons. The van der Waals surface area contributed by atoms with Gasteiger partial charge in [0.25, 0.3) is 0 Å². The van der Waals surface area contributed by atoms with Crippen molar-refractivity contribution in [1.82, 2.24) is 4.90 Å². The van der Waals surface area contributed by atoms with Crippen LogP contribution in [-0.2, 0) is 17.6 Å². The number of phenols is 1. The minimum Gasteiger partial charge on any atom is -0.508 e. The third-order valence-electron chi connectivity index (χ3n) is 4.25. The van der Waals surface area contributed by atoms with Gasteiger partial charge in [-0.2, -0.15) is 0 Å². The highest BCUT2D eigenvalue weighted by molar-refractivity contribution is 5.41. The number of fused-ring (bicyclic) bond motifs is 1. The molecular weight excluding hydrogens is 250 g/mol. The molecule has 0 heterocycles. The monoisotopic (exact) mass is 277 g/mol. The molecule has 0 unspecified atom stereocenters. The molecule has 0 bridgehead atoms. The fraction of sp³-hybridized carbons (Fsp3) is 0.647. The second-order valence-corrected chi connectivity index (χ2v) is 5.69. The van der Waals surface area contributed by atoms with Crippen molar-refractivity contribution in [3.8, 4) is 5.75 Å². The van der Waals surface area contributed by atoms with Crippen molar-refractivity contribution in [3.63, 3.8) is 0 Å². The number of ether oxygens (including phenoxy) is 1. The molecule has 3 heteroatoms. The molecule has 1 aromatic carbocycles. The van der Waals surface area contributed by atoms with Gasteiger partial charge >= 0.3 is 0 Å². The van der Waals surface area contributed by atoms with Crippen LogP contribution in [0.3, 0.4) is 0 Å². The van der Waals surface area contributed by atoms with Gasteiger partial charge in [0, 0.05) is 26.3 Å². The average Bonchev–Trinajstić information content (AvgIpc) is 2.46. The van der Waals surface area contributed by atoms with E-state index < -0.39 is 0 Å². The van der Waals surface area contributed by atoms with Gasteiger partial charge in [0.1, 0.15) is 5.75 Å². The Hall–Kier alpha value is -1.06. The first-order valence-electron chi connectivity index (χ1n) is 7.79. The van der Waals surface area contributed by atoms with Crippen LogP contribution in [0.5, 0.6) is 5.75 Å². The SMILES string of the molecule is CCCN(CCCOC)[C@@H]1CCc2c(O)cccc2C1. The topological polar surface area (TPSA) is 32.7 Å². The highest BCUT2D eigenvalue weighted by atomic mass is 16.5. The molecule has 1 aromatic rings. The van der Waals surface area contributed by atoms with Gasteiger partial charge in [-0.05, 0) is 55.8 Å². The Labute approximate surface area is 122 Å². The van der Waals surface area contributed by atoms with E-state index in [1.54, 1.807) is 7.11 Å². The molecule has 0 aromatic heterocycles. The minimum absolute atomic E-state index is 0.474. The van der Waals surface area contributed by atoms with Crippen molar-refractivity contribution in [2.75, 3.05) is 26.8 Å². The number of hydrogen-bond donors (Lipinski definition) is 1. The molecule has 0 spiro atoms. The molecule has 1 atom stereocenters. The second-order valence-electron chi connectivity index (χ2n) is 5.69. The maximum absolute atomic E-state index is 9.93. The van der Waals surface area contributed by atoms with Crippen LogP contribution in [0, 0.1) is 0 Å². The van der Waals surface area contributed by atoms with Crippen LogP contribution >= 0.6 is 0 Å². The smallest absolute Gasteiger partial charge is 0.119 e. The molecule has 1 aliphatic carbocycles. The Morgan fingerprint density at radius 3 is 2.95 bits per heavy atom. The first-order chi connectivity index (χ1) is 9.76. The lowest BCUT2D eigenvalue weighted by atomic mass is 9.86. The molecule has 2 rings (SSSR count). The van der Waals surface area contributed by atoms with Gasteiger partial charge in [-0.3, -0.25) is 4.90 Å². The summed E-state index contributed by atoms with van der Waals surface area (Å²) < 4.78 is 5.17. The fourth-order valence-corrected chi connectivity index (χ4v) is 3.26. The average molecular weight is 277 g/mol. The van der Waals surface area contributed by atoms with E-state index in [1.165, 1.54) is 12.0 Å². The number of hydrogen-bond acceptors (Lipinski definition) is 3. The summed E-state index contributed by atoms with van der Waals surface area (Å²) >= 11 is 0. The molecule has 20 heavy (non-hydrogen) atoms. The third-order valence-corrected chi connectivity index (χ3v) is 4.25. The van der Waals surface area contributed by atoms with Crippen LogP contribution in [0.4, 0.5) is 0 Å². The zero-order valence-electron chi connectivity index (χ0n) is 12.8. The summed E-state index contributed by atoms with van der Waals surface area (Å²) in [7, 11) is 1.77. The first kappa shape index (κ1) is 15.3. The summed E-state index contributed by atoms with van der Waals surface area (Å²) in [5.74, 6) is 0.474. The molecule has 0 amide bonds. The molecule has 3 nitrogen and oxygen atoms in total. The predicted octanol–water partition coefficient (Wildman–Crippen LogP) is 3.00. The van der Waals surface area contributed by atoms with Gasteiger partial charge in [0.15, 0.2) is 0 Å². The van der Waals surface area contributed by atoms with Crippen LogP contribution in [-0.4, -0.2) is 42.9 Å². The van der Waals surface area contributed by atoms with Crippen LogP contribution in [0.1, 0.15) is 37.3 Å². The van der Waals surface area contributed by atoms with Crippen LogP contribution in [0.15, 0.2) is 18.2 Å². The summed E-state index contributed by atoms with van der Waals surface area (Å²) in [4.78, 5) is 2.60. The normalized spacial score (nSPS) is 18.2. The van der Waals surface area contributed by atoms with Crippen LogP contribution in [0.2, 0.25) is 0 Å². The van der Waals surface area contributed by atoms with E-state index in [9.17, 15) is 5.11 Å². The largest absolute Gasteiger partial charge is 0.508 e. The van der Waals surface area contributed by atoms with E-state index in [0.29, 0.717) is 11.8 Å². The van der Waals surface area contributed by atoms with E-state index in [-0.39, 0.29) is 0 Å². The van der Waals surface area contributed by atoms with Gasteiger partial charge in [0.05, 0.1) is 0 Å². The summed E-state index contributed by atoms with van der Waals surface area (Å²) in [6.45, 7) is 5.35. The number of benzene rings is 1. The lowest BCUT2D eigenvalue weighted by molar-refractivity contribution is 0.141. The van der Waals surface area contributed by atoms with Crippen LogP contribution in [0.25, 0.3) is 0 Å². The number of methoxy groups -OCH3 is 1. The van der Waals surface area contributed by atoms with Crippen molar-refractivity contribution in [2.24, 2.45) is 0 Å². The van der Waals surface area contributed by atoms with Crippen molar-refractivity contribution >= 4 is 0 Å². The first-order valence-corrected chi connectivity index (χ1v) is 7.79. The summed E-state index contributed by atoms with van der Waals surface area (Å²) in [5, 5.41) is 9.93. The number of phenolic OH excluding ortho intramolecular Hbond substituents is 1. The number of aromatic hydroxyl groups is 1. The second kappa shape index (κ2) is 7.65. The van der Waals surface area contributed by atoms with Crippen molar-refractivity contribution in [1.29, 1.82) is 0 Å². The third kappa shape index (κ3) is 3.74. The Balaban J connectivity index is 2.01. The Kier molecular flexibility index (Phi) is 5.86. The summed E-state index contributed by atoms with van der Waals surface area (Å²) in [6.07, 6.45) is 5.50. The predicted molar refractivity (Wildman–Crippen MR) is 82.3 cm³/mol. The molecule has 0 saturated heterocycles. The Morgan fingerprint density at radius 2 is 2.20 bits per heavy atom. The van der Waals surface area contributed by atoms with Gasteiger partial charge in [-0.1, -0.05) is 19.1 Å². The molecule has 0 aliphatic heterocycles. The lowest BCUT2D eigenvalue weighted by Crippen LogP contribution is -2.40. The van der Waals surface area contributed by atoms with Crippen LogP contribution < -0.4 is 0 Å². The van der Waals surface area contributed by atoms with E-state index in [0.717, 1.165) is 50.9 Å². The standard InChI is InChI=1S/C17H27NO2/c1-3-10-18(11-5-12-20-2)15-8-9-16-14(13-15)6-4-7-17(16)19/h4,6-7,15,19H,3,5,8-13H2,1-2H3/t15-/m1/s1. The molecular formula is C17H27NO2. The van der Waals surface area contributed by atoms with Crippen molar-refractivity contribution in [3.05, 3.63) is 29.3 Å². The minimum atomic E-state index is 0.474. The van der Waals surface area contributed by atoms with Crippen molar-refractivity contribution in [2.45, 2.75) is 45.1 Å². The van der Waals surface area contributed by atoms with Gasteiger partial charge < -0.3 is 9.84 Å². The summed E-state index contributed by atoms with van der Waals surface area (Å²) in [6, 6.07) is 6.55. The van der Waals surface area contributed by atoms with Gasteiger partial charge in [-0.15, -0.1) is 0 Å². The van der Waals surface area contributed by atoms with Gasteiger partial charge in [0.2, 0.25) is 0 Å². The molecule has 0 saturated carbocycles.